The molecule has 1 atom stereocenters. The van der Waals surface area contributed by atoms with Crippen molar-refractivity contribution in [2.45, 2.75) is 95.7 Å². The van der Waals surface area contributed by atoms with Crippen molar-refractivity contribution in [3.63, 3.8) is 0 Å². The third-order valence-corrected chi connectivity index (χ3v) is 8.83. The molecular formula is C29H39N5O5S. The molecule has 216 valence electrons. The van der Waals surface area contributed by atoms with Crippen LogP contribution in [0.5, 0.6) is 11.5 Å². The first-order valence-electron chi connectivity index (χ1n) is 14.6. The third kappa shape index (κ3) is 6.19. The van der Waals surface area contributed by atoms with E-state index in [2.05, 4.69) is 15.0 Å². The molecule has 3 aliphatic rings. The summed E-state index contributed by atoms with van der Waals surface area (Å²) in [6.07, 6.45) is 10.3. The Morgan fingerprint density at radius 3 is 2.35 bits per heavy atom. The van der Waals surface area contributed by atoms with E-state index in [0.29, 0.717) is 43.2 Å². The van der Waals surface area contributed by atoms with E-state index in [9.17, 15) is 14.4 Å². The van der Waals surface area contributed by atoms with Crippen LogP contribution in [-0.2, 0) is 4.79 Å². The van der Waals surface area contributed by atoms with Gasteiger partial charge in [0.1, 0.15) is 24.1 Å². The molecular weight excluding hydrogens is 530 g/mol. The van der Waals surface area contributed by atoms with Crippen molar-refractivity contribution in [2.24, 2.45) is 0 Å². The fourth-order valence-corrected chi connectivity index (χ4v) is 6.60. The predicted molar refractivity (Wildman–Crippen MR) is 154 cm³/mol. The molecule has 0 radical (unpaired) electrons. The number of nitrogens with zero attached hydrogens (tertiary/aromatic N) is 2. The lowest BCUT2D eigenvalue weighted by molar-refractivity contribution is -0.123. The molecule has 0 saturated heterocycles. The minimum Gasteiger partial charge on any atom is -0.486 e. The molecule has 2 saturated carbocycles. The SMILES string of the molecule is CCCC(C(=O)NC1CCCC1)N(C(=O)c1snc(C(=O)NC2CCCCC2)c1N)c1ccc2c(c1)OCCO2. The monoisotopic (exact) mass is 569 g/mol. The lowest BCUT2D eigenvalue weighted by Crippen LogP contribution is -2.51. The molecule has 11 heteroatoms. The van der Waals surface area contributed by atoms with Crippen LogP contribution in [0.3, 0.4) is 0 Å². The Morgan fingerprint density at radius 1 is 1.00 bits per heavy atom. The second kappa shape index (κ2) is 12.9. The van der Waals surface area contributed by atoms with Crippen LogP contribution < -0.4 is 30.7 Å². The van der Waals surface area contributed by atoms with Crippen molar-refractivity contribution in [1.29, 1.82) is 0 Å². The molecule has 4 N–H and O–H groups in total. The number of hydrogen-bond acceptors (Lipinski definition) is 8. The van der Waals surface area contributed by atoms with Crippen LogP contribution >= 0.6 is 11.5 Å². The lowest BCUT2D eigenvalue weighted by atomic mass is 9.95. The third-order valence-electron chi connectivity index (χ3n) is 7.98. The Kier molecular flexibility index (Phi) is 9.08. The molecule has 3 amide bonds. The number of benzene rings is 1. The zero-order chi connectivity index (χ0) is 28.1. The number of fused-ring (bicyclic) bond motifs is 1. The average molecular weight is 570 g/mol. The first kappa shape index (κ1) is 28.2. The molecule has 2 aliphatic carbocycles. The molecule has 10 nitrogen and oxygen atoms in total. The minimum absolute atomic E-state index is 0.0392. The zero-order valence-electron chi connectivity index (χ0n) is 23.1. The largest absolute Gasteiger partial charge is 0.486 e. The van der Waals surface area contributed by atoms with Crippen molar-refractivity contribution in [3.05, 3.63) is 28.8 Å². The minimum atomic E-state index is -0.776. The number of hydrogen-bond donors (Lipinski definition) is 3. The van der Waals surface area contributed by atoms with Crippen LogP contribution in [0.15, 0.2) is 18.2 Å². The molecule has 2 fully saturated rings. The van der Waals surface area contributed by atoms with Crippen LogP contribution in [0.25, 0.3) is 0 Å². The van der Waals surface area contributed by atoms with Crippen molar-refractivity contribution in [3.8, 4) is 11.5 Å². The predicted octanol–water partition coefficient (Wildman–Crippen LogP) is 4.43. The van der Waals surface area contributed by atoms with Crippen molar-refractivity contribution in [2.75, 3.05) is 23.8 Å². The first-order chi connectivity index (χ1) is 19.5. The smallest absolute Gasteiger partial charge is 0.273 e. The van der Waals surface area contributed by atoms with E-state index in [1.807, 2.05) is 6.92 Å². The first-order valence-corrected chi connectivity index (χ1v) is 15.3. The van der Waals surface area contributed by atoms with Gasteiger partial charge in [-0.15, -0.1) is 0 Å². The van der Waals surface area contributed by atoms with E-state index >= 15 is 0 Å². The number of anilines is 2. The van der Waals surface area contributed by atoms with Gasteiger partial charge in [0, 0.05) is 23.8 Å². The molecule has 1 aromatic carbocycles. The Hall–Kier alpha value is -3.34. The number of ether oxygens (including phenoxy) is 2. The van der Waals surface area contributed by atoms with E-state index in [-0.39, 0.29) is 40.2 Å². The fourth-order valence-electron chi connectivity index (χ4n) is 5.86. The van der Waals surface area contributed by atoms with Gasteiger partial charge in [-0.25, -0.2) is 0 Å². The summed E-state index contributed by atoms with van der Waals surface area (Å²) in [7, 11) is 0. The van der Waals surface area contributed by atoms with E-state index in [1.54, 1.807) is 18.2 Å². The van der Waals surface area contributed by atoms with Crippen molar-refractivity contribution >= 4 is 40.6 Å². The number of nitrogens with two attached hydrogens (primary N) is 1. The summed E-state index contributed by atoms with van der Waals surface area (Å²) < 4.78 is 15.8. The Labute approximate surface area is 239 Å². The van der Waals surface area contributed by atoms with Crippen molar-refractivity contribution < 1.29 is 23.9 Å². The molecule has 1 aliphatic heterocycles. The maximum Gasteiger partial charge on any atom is 0.273 e. The highest BCUT2D eigenvalue weighted by Crippen LogP contribution is 2.37. The molecule has 40 heavy (non-hydrogen) atoms. The van der Waals surface area contributed by atoms with Gasteiger partial charge in [-0.2, -0.15) is 4.37 Å². The summed E-state index contributed by atoms with van der Waals surface area (Å²) >= 11 is 0.892. The highest BCUT2D eigenvalue weighted by Gasteiger charge is 2.36. The summed E-state index contributed by atoms with van der Waals surface area (Å²) in [5.41, 5.74) is 7.01. The number of carbonyl (C=O) groups excluding carboxylic acids is 3. The summed E-state index contributed by atoms with van der Waals surface area (Å²) in [6.45, 7) is 2.82. The van der Waals surface area contributed by atoms with Crippen LogP contribution in [0, 0.1) is 0 Å². The topological polar surface area (TPSA) is 136 Å². The number of nitrogens with one attached hydrogen (secondary N) is 2. The number of carbonyl (C=O) groups is 3. The van der Waals surface area contributed by atoms with Gasteiger partial charge in [0.15, 0.2) is 17.2 Å². The van der Waals surface area contributed by atoms with Gasteiger partial charge in [0.25, 0.3) is 11.8 Å². The maximum atomic E-state index is 14.3. The van der Waals surface area contributed by atoms with Crippen LogP contribution in [0.2, 0.25) is 0 Å². The summed E-state index contributed by atoms with van der Waals surface area (Å²) in [5, 5.41) is 6.20. The van der Waals surface area contributed by atoms with E-state index in [4.69, 9.17) is 15.2 Å². The van der Waals surface area contributed by atoms with Crippen LogP contribution in [-0.4, -0.2) is 53.4 Å². The van der Waals surface area contributed by atoms with Gasteiger partial charge in [-0.05, 0) is 55.8 Å². The van der Waals surface area contributed by atoms with Gasteiger partial charge in [0.2, 0.25) is 5.91 Å². The van der Waals surface area contributed by atoms with Gasteiger partial charge >= 0.3 is 0 Å². The van der Waals surface area contributed by atoms with Crippen molar-refractivity contribution in [1.82, 2.24) is 15.0 Å². The summed E-state index contributed by atoms with van der Waals surface area (Å²) in [6, 6.07) is 4.65. The number of rotatable bonds is 9. The highest BCUT2D eigenvalue weighted by molar-refractivity contribution is 7.09. The van der Waals surface area contributed by atoms with E-state index < -0.39 is 11.9 Å². The van der Waals surface area contributed by atoms with Gasteiger partial charge < -0.3 is 25.8 Å². The van der Waals surface area contributed by atoms with Gasteiger partial charge in [0.05, 0.1) is 5.69 Å². The number of nitrogen functional groups attached to an aromatic ring is 1. The fraction of sp³-hybridized carbons (Fsp3) is 0.586. The zero-order valence-corrected chi connectivity index (χ0v) is 23.9. The van der Waals surface area contributed by atoms with Crippen LogP contribution in [0.4, 0.5) is 11.4 Å². The number of amides is 3. The molecule has 1 unspecified atom stereocenters. The van der Waals surface area contributed by atoms with Gasteiger partial charge in [-0.3, -0.25) is 19.3 Å². The van der Waals surface area contributed by atoms with Crippen LogP contribution in [0.1, 0.15) is 97.7 Å². The molecule has 2 heterocycles. The quantitative estimate of drug-likeness (QED) is 0.406. The summed E-state index contributed by atoms with van der Waals surface area (Å²) in [4.78, 5) is 42.6. The normalized spacial score (nSPS) is 18.2. The Bertz CT molecular complexity index is 1220. The highest BCUT2D eigenvalue weighted by atomic mass is 32.1. The molecule has 2 aromatic rings. The molecule has 0 spiro atoms. The van der Waals surface area contributed by atoms with E-state index in [1.165, 1.54) is 11.3 Å². The second-order valence-corrected chi connectivity index (χ2v) is 11.7. The maximum absolute atomic E-state index is 14.3. The van der Waals surface area contributed by atoms with Gasteiger partial charge in [-0.1, -0.05) is 45.4 Å². The lowest BCUT2D eigenvalue weighted by Gasteiger charge is -2.32. The average Bonchev–Trinajstić information content (AvgIpc) is 3.62. The molecule has 1 aromatic heterocycles. The standard InChI is InChI=1S/C29H39N5O5S/c1-2-8-21(27(35)31-18-11-6-7-12-18)34(20-13-14-22-23(17-20)39-16-15-38-22)29(37)26-24(30)25(33-40-26)28(36)32-19-9-4-3-5-10-19/h13-14,17-19,21H,2-12,15-16,30H2,1H3,(H,31,35)(H,32,36). The molecule has 5 rings (SSSR count). The Morgan fingerprint density at radius 2 is 1.65 bits per heavy atom. The summed E-state index contributed by atoms with van der Waals surface area (Å²) in [5.74, 6) is 0.0649. The Balaban J connectivity index is 1.46. The number of aromatic nitrogens is 1. The van der Waals surface area contributed by atoms with E-state index in [0.717, 1.165) is 62.9 Å². The molecule has 0 bridgehead atoms. The second-order valence-electron chi connectivity index (χ2n) is 10.9.